The van der Waals surface area contributed by atoms with Gasteiger partial charge in [0.25, 0.3) is 0 Å². The minimum Gasteiger partial charge on any atom is -0.342 e. The van der Waals surface area contributed by atoms with Crippen LogP contribution in [0.2, 0.25) is 0 Å². The molecule has 4 nitrogen and oxygen atoms in total. The van der Waals surface area contributed by atoms with E-state index in [-0.39, 0.29) is 17.4 Å². The quantitative estimate of drug-likeness (QED) is 0.803. The largest absolute Gasteiger partial charge is 0.342 e. The predicted molar refractivity (Wildman–Crippen MR) is 115 cm³/mol. The van der Waals surface area contributed by atoms with Crippen LogP contribution in [-0.2, 0) is 16.8 Å². The van der Waals surface area contributed by atoms with Crippen LogP contribution in [0, 0.1) is 5.92 Å². The fourth-order valence-corrected chi connectivity index (χ4v) is 4.49. The van der Waals surface area contributed by atoms with Gasteiger partial charge in [0.2, 0.25) is 5.91 Å². The van der Waals surface area contributed by atoms with Crippen LogP contribution in [0.1, 0.15) is 24.0 Å². The third-order valence-electron chi connectivity index (χ3n) is 6.19. The van der Waals surface area contributed by atoms with Crippen LogP contribution in [0.15, 0.2) is 60.7 Å². The molecule has 0 aliphatic carbocycles. The first kappa shape index (κ1) is 20.6. The second kappa shape index (κ2) is 9.35. The van der Waals surface area contributed by atoms with Crippen LogP contribution in [0.25, 0.3) is 0 Å². The van der Waals surface area contributed by atoms with Crippen LogP contribution in [0.5, 0.6) is 0 Å². The van der Waals surface area contributed by atoms with E-state index in [4.69, 9.17) is 0 Å². The van der Waals surface area contributed by atoms with Crippen molar-refractivity contribution in [2.45, 2.75) is 24.8 Å². The van der Waals surface area contributed by atoms with E-state index in [0.717, 1.165) is 32.4 Å². The molecule has 2 aromatic carbocycles. The number of nitrogens with one attached hydrogen (secondary N) is 1. The summed E-state index contributed by atoms with van der Waals surface area (Å²) in [5.74, 6) is 0.259. The average Bonchev–Trinajstić information content (AvgIpc) is 2.74. The molecule has 1 saturated heterocycles. The summed E-state index contributed by atoms with van der Waals surface area (Å²) in [5, 5.41) is 3.21. The molecule has 0 radical (unpaired) electrons. The SMILES string of the molecule is CNC[C@@H](Cc1ccccc1)C(=O)N1CCC(c2ccccc2)(N(C)C)CC1. The van der Waals surface area contributed by atoms with E-state index in [1.54, 1.807) is 0 Å². The number of amides is 1. The Morgan fingerprint density at radius 2 is 1.61 bits per heavy atom. The minimum absolute atomic E-state index is 0.00989. The van der Waals surface area contributed by atoms with Gasteiger partial charge in [-0.2, -0.15) is 0 Å². The average molecular weight is 380 g/mol. The van der Waals surface area contributed by atoms with Crippen LogP contribution < -0.4 is 5.32 Å². The monoisotopic (exact) mass is 379 g/mol. The van der Waals surface area contributed by atoms with Crippen LogP contribution in [0.3, 0.4) is 0 Å². The summed E-state index contributed by atoms with van der Waals surface area (Å²) >= 11 is 0. The highest BCUT2D eigenvalue weighted by Gasteiger charge is 2.40. The molecule has 0 saturated carbocycles. The first-order valence-electron chi connectivity index (χ1n) is 10.3. The Bertz CT molecular complexity index is 737. The molecule has 1 aliphatic heterocycles. The van der Waals surface area contributed by atoms with Crippen molar-refractivity contribution < 1.29 is 4.79 Å². The summed E-state index contributed by atoms with van der Waals surface area (Å²) in [6.45, 7) is 2.32. The van der Waals surface area contributed by atoms with Gasteiger partial charge in [-0.25, -0.2) is 0 Å². The first-order valence-corrected chi connectivity index (χ1v) is 10.3. The number of hydrogen-bond donors (Lipinski definition) is 1. The Hall–Kier alpha value is -2.17. The van der Waals surface area contributed by atoms with E-state index in [1.165, 1.54) is 11.1 Å². The molecular formula is C24H33N3O. The zero-order chi connectivity index (χ0) is 20.0. The Labute approximate surface area is 169 Å². The minimum atomic E-state index is -0.0176. The van der Waals surface area contributed by atoms with Crippen LogP contribution >= 0.6 is 0 Å². The fraction of sp³-hybridized carbons (Fsp3) is 0.458. The molecule has 28 heavy (non-hydrogen) atoms. The summed E-state index contributed by atoms with van der Waals surface area (Å²) in [6.07, 6.45) is 2.72. The number of nitrogens with zero attached hydrogens (tertiary/aromatic N) is 2. The van der Waals surface area contributed by atoms with Gasteiger partial charge in [-0.3, -0.25) is 9.69 Å². The molecule has 1 heterocycles. The summed E-state index contributed by atoms with van der Waals surface area (Å²) < 4.78 is 0. The van der Waals surface area contributed by atoms with Crippen LogP contribution in [0.4, 0.5) is 0 Å². The van der Waals surface area contributed by atoms with Gasteiger partial charge in [-0.15, -0.1) is 0 Å². The maximum atomic E-state index is 13.3. The lowest BCUT2D eigenvalue weighted by Gasteiger charge is -2.47. The number of benzene rings is 2. The summed E-state index contributed by atoms with van der Waals surface area (Å²) in [6, 6.07) is 21.1. The molecule has 1 N–H and O–H groups in total. The van der Waals surface area contributed by atoms with Crippen molar-refractivity contribution in [2.75, 3.05) is 40.8 Å². The van der Waals surface area contributed by atoms with E-state index >= 15 is 0 Å². The molecule has 1 amide bonds. The number of carbonyl (C=O) groups excluding carboxylic acids is 1. The molecule has 0 spiro atoms. The molecule has 1 atom stereocenters. The number of hydrogen-bond acceptors (Lipinski definition) is 3. The maximum absolute atomic E-state index is 13.3. The van der Waals surface area contributed by atoms with Gasteiger partial charge in [0.15, 0.2) is 0 Å². The summed E-state index contributed by atoms with van der Waals surface area (Å²) in [4.78, 5) is 17.7. The lowest BCUT2D eigenvalue weighted by molar-refractivity contribution is -0.138. The van der Waals surface area contributed by atoms with Crippen LogP contribution in [-0.4, -0.2) is 56.5 Å². The third-order valence-corrected chi connectivity index (χ3v) is 6.19. The predicted octanol–water partition coefficient (Wildman–Crippen LogP) is 3.14. The van der Waals surface area contributed by atoms with Crippen molar-refractivity contribution in [3.05, 3.63) is 71.8 Å². The molecule has 1 fully saturated rings. The van der Waals surface area contributed by atoms with Gasteiger partial charge in [-0.1, -0.05) is 60.7 Å². The second-order valence-electron chi connectivity index (χ2n) is 8.06. The summed E-state index contributed by atoms with van der Waals surface area (Å²) in [5.41, 5.74) is 2.58. The van der Waals surface area contributed by atoms with E-state index in [0.29, 0.717) is 6.54 Å². The van der Waals surface area contributed by atoms with E-state index < -0.39 is 0 Å². The molecule has 4 heteroatoms. The van der Waals surface area contributed by atoms with Crippen molar-refractivity contribution >= 4 is 5.91 Å². The van der Waals surface area contributed by atoms with Gasteiger partial charge in [0, 0.05) is 25.2 Å². The second-order valence-corrected chi connectivity index (χ2v) is 8.06. The van der Waals surface area contributed by atoms with Gasteiger partial charge in [0.1, 0.15) is 0 Å². The van der Waals surface area contributed by atoms with Crippen molar-refractivity contribution in [2.24, 2.45) is 5.92 Å². The molecule has 0 bridgehead atoms. The Kier molecular flexibility index (Phi) is 6.87. The van der Waals surface area contributed by atoms with E-state index in [2.05, 4.69) is 71.7 Å². The standard InChI is InChI=1S/C24H33N3O/c1-25-19-21(18-20-10-6-4-7-11-20)23(28)27-16-14-24(15-17-27,26(2)3)22-12-8-5-9-13-22/h4-13,21,25H,14-19H2,1-3H3/t21-/m1/s1. The Balaban J connectivity index is 1.70. The van der Waals surface area contributed by atoms with Gasteiger partial charge >= 0.3 is 0 Å². The highest BCUT2D eigenvalue weighted by molar-refractivity contribution is 5.79. The molecule has 1 aliphatic rings. The topological polar surface area (TPSA) is 35.6 Å². The van der Waals surface area contributed by atoms with Gasteiger partial charge in [-0.05, 0) is 51.5 Å². The van der Waals surface area contributed by atoms with Gasteiger partial charge < -0.3 is 10.2 Å². The molecule has 150 valence electrons. The normalized spacial score (nSPS) is 17.5. The van der Waals surface area contributed by atoms with Crippen molar-refractivity contribution in [3.8, 4) is 0 Å². The molecule has 0 aromatic heterocycles. The number of rotatable bonds is 7. The molecule has 3 rings (SSSR count). The highest BCUT2D eigenvalue weighted by Crippen LogP contribution is 2.37. The molecule has 2 aromatic rings. The number of piperidine rings is 1. The summed E-state index contributed by atoms with van der Waals surface area (Å²) in [7, 11) is 6.24. The molecular weight excluding hydrogens is 346 g/mol. The lowest BCUT2D eigenvalue weighted by atomic mass is 9.79. The van der Waals surface area contributed by atoms with Crippen molar-refractivity contribution in [3.63, 3.8) is 0 Å². The third kappa shape index (κ3) is 4.45. The van der Waals surface area contributed by atoms with E-state index in [9.17, 15) is 4.79 Å². The zero-order valence-corrected chi connectivity index (χ0v) is 17.4. The Morgan fingerprint density at radius 3 is 2.14 bits per heavy atom. The lowest BCUT2D eigenvalue weighted by Crippen LogP contribution is -2.53. The van der Waals surface area contributed by atoms with E-state index in [1.807, 2.05) is 25.2 Å². The number of likely N-dealkylation sites (tertiary alicyclic amines) is 1. The Morgan fingerprint density at radius 1 is 1.04 bits per heavy atom. The first-order chi connectivity index (χ1) is 13.6. The van der Waals surface area contributed by atoms with Gasteiger partial charge in [0.05, 0.1) is 5.92 Å². The molecule has 0 unspecified atom stereocenters. The number of carbonyl (C=O) groups is 1. The maximum Gasteiger partial charge on any atom is 0.227 e. The smallest absolute Gasteiger partial charge is 0.227 e. The zero-order valence-electron chi connectivity index (χ0n) is 17.4. The fourth-order valence-electron chi connectivity index (χ4n) is 4.49. The van der Waals surface area contributed by atoms with Crippen molar-refractivity contribution in [1.82, 2.24) is 15.1 Å². The van der Waals surface area contributed by atoms with Crippen molar-refractivity contribution in [1.29, 1.82) is 0 Å². The highest BCUT2D eigenvalue weighted by atomic mass is 16.2.